The lowest BCUT2D eigenvalue weighted by Crippen LogP contribution is -2.47. The number of nitrogens with zero attached hydrogens (tertiary/aromatic N) is 1. The van der Waals surface area contributed by atoms with E-state index < -0.39 is 0 Å². The number of aliphatic imine (C=N–C) groups is 1. The van der Waals surface area contributed by atoms with E-state index in [0.29, 0.717) is 12.5 Å². The minimum atomic E-state index is -0.280. The Hall–Kier alpha value is -3.02. The lowest BCUT2D eigenvalue weighted by atomic mass is 9.90. The first-order valence-corrected chi connectivity index (χ1v) is 9.52. The van der Waals surface area contributed by atoms with Crippen LogP contribution in [-0.4, -0.2) is 31.1 Å². The predicted octanol–water partition coefficient (Wildman–Crippen LogP) is 2.77. The molecule has 148 valence electrons. The third kappa shape index (κ3) is 5.25. The molecule has 0 aliphatic carbocycles. The lowest BCUT2D eigenvalue weighted by Gasteiger charge is -2.38. The van der Waals surface area contributed by atoms with Crippen molar-refractivity contribution in [1.82, 2.24) is 16.0 Å². The van der Waals surface area contributed by atoms with Gasteiger partial charge in [0.25, 0.3) is 0 Å². The van der Waals surface area contributed by atoms with E-state index >= 15 is 0 Å². The maximum atomic E-state index is 12.2. The van der Waals surface area contributed by atoms with E-state index in [9.17, 15) is 4.79 Å². The number of fused-ring (bicyclic) bond motifs is 1. The number of hydrogen-bond acceptors (Lipinski definition) is 3. The summed E-state index contributed by atoms with van der Waals surface area (Å²) in [4.78, 5) is 16.4. The minimum Gasteiger partial charge on any atom is -0.487 e. The molecule has 0 saturated heterocycles. The molecule has 0 radical (unpaired) electrons. The zero-order valence-corrected chi connectivity index (χ0v) is 16.7. The molecule has 2 aromatic rings. The fraction of sp³-hybridized carbons (Fsp3) is 0.364. The van der Waals surface area contributed by atoms with E-state index in [1.807, 2.05) is 48.5 Å². The van der Waals surface area contributed by atoms with Gasteiger partial charge in [-0.25, -0.2) is 0 Å². The van der Waals surface area contributed by atoms with Gasteiger partial charge in [-0.3, -0.25) is 9.79 Å². The van der Waals surface area contributed by atoms with Crippen molar-refractivity contribution >= 4 is 11.9 Å². The van der Waals surface area contributed by atoms with Crippen LogP contribution < -0.4 is 20.7 Å². The van der Waals surface area contributed by atoms with E-state index in [0.717, 1.165) is 23.3 Å². The molecule has 0 spiro atoms. The van der Waals surface area contributed by atoms with Crippen LogP contribution in [0.25, 0.3) is 0 Å². The number of amides is 1. The van der Waals surface area contributed by atoms with Crippen molar-refractivity contribution in [3.63, 3.8) is 0 Å². The maximum absolute atomic E-state index is 12.2. The predicted molar refractivity (Wildman–Crippen MR) is 111 cm³/mol. The molecule has 3 N–H and O–H groups in total. The quantitative estimate of drug-likeness (QED) is 0.551. The molecule has 0 bridgehead atoms. The molecule has 3 rings (SSSR count). The summed E-state index contributed by atoms with van der Waals surface area (Å²) in [6.45, 7) is 4.81. The molecule has 2 aromatic carbocycles. The number of rotatable bonds is 5. The minimum absolute atomic E-state index is 0.0542. The van der Waals surface area contributed by atoms with Crippen LogP contribution in [0.5, 0.6) is 5.75 Å². The average molecular weight is 380 g/mol. The fourth-order valence-corrected chi connectivity index (χ4v) is 3.31. The van der Waals surface area contributed by atoms with Crippen LogP contribution in [0.4, 0.5) is 0 Å². The van der Waals surface area contributed by atoms with Crippen LogP contribution >= 0.6 is 0 Å². The van der Waals surface area contributed by atoms with Crippen LogP contribution in [0, 0.1) is 0 Å². The number of ether oxygens (including phenoxy) is 1. The number of hydrogen-bond donors (Lipinski definition) is 3. The second kappa shape index (κ2) is 8.78. The number of guanidine groups is 1. The van der Waals surface area contributed by atoms with Gasteiger partial charge in [0.05, 0.1) is 12.6 Å². The van der Waals surface area contributed by atoms with Crippen LogP contribution in [0.15, 0.2) is 59.6 Å². The zero-order chi connectivity index (χ0) is 20.0. The molecular weight excluding hydrogens is 352 g/mol. The van der Waals surface area contributed by atoms with Crippen LogP contribution in [0.1, 0.15) is 37.4 Å². The van der Waals surface area contributed by atoms with Crippen molar-refractivity contribution < 1.29 is 9.53 Å². The first-order chi connectivity index (χ1) is 13.5. The summed E-state index contributed by atoms with van der Waals surface area (Å²) in [5.74, 6) is 1.39. The Morgan fingerprint density at radius 1 is 1.11 bits per heavy atom. The highest BCUT2D eigenvalue weighted by molar-refractivity contribution is 5.86. The second-order valence-corrected chi connectivity index (χ2v) is 7.49. The third-order valence-electron chi connectivity index (χ3n) is 4.66. The maximum Gasteiger partial charge on any atom is 0.239 e. The summed E-state index contributed by atoms with van der Waals surface area (Å²) >= 11 is 0. The van der Waals surface area contributed by atoms with Crippen molar-refractivity contribution in [2.24, 2.45) is 4.99 Å². The fourth-order valence-electron chi connectivity index (χ4n) is 3.31. The van der Waals surface area contributed by atoms with Crippen LogP contribution in [0.3, 0.4) is 0 Å². The van der Waals surface area contributed by atoms with Gasteiger partial charge in [0.15, 0.2) is 5.96 Å². The van der Waals surface area contributed by atoms with E-state index in [-0.39, 0.29) is 24.1 Å². The van der Waals surface area contributed by atoms with Crippen molar-refractivity contribution in [3.05, 3.63) is 65.7 Å². The van der Waals surface area contributed by atoms with Gasteiger partial charge in [0.1, 0.15) is 11.4 Å². The Kier molecular flexibility index (Phi) is 6.19. The molecule has 1 unspecified atom stereocenters. The smallest absolute Gasteiger partial charge is 0.239 e. The van der Waals surface area contributed by atoms with Crippen LogP contribution in [0.2, 0.25) is 0 Å². The van der Waals surface area contributed by atoms with Gasteiger partial charge in [-0.15, -0.1) is 0 Å². The van der Waals surface area contributed by atoms with Crippen molar-refractivity contribution in [2.45, 2.75) is 38.5 Å². The Labute approximate surface area is 166 Å². The van der Waals surface area contributed by atoms with E-state index in [1.165, 1.54) is 0 Å². The Bertz CT molecular complexity index is 833. The summed E-state index contributed by atoms with van der Waals surface area (Å²) in [5, 5.41) is 9.43. The molecule has 1 atom stereocenters. The highest BCUT2D eigenvalue weighted by atomic mass is 16.5. The SMILES string of the molecule is CN=C(NCC(=O)NCc1ccccc1)NC1CC(C)(C)Oc2ccccc21. The monoisotopic (exact) mass is 380 g/mol. The van der Waals surface area contributed by atoms with E-state index in [2.05, 4.69) is 40.9 Å². The van der Waals surface area contributed by atoms with Crippen molar-refractivity contribution in [1.29, 1.82) is 0 Å². The first-order valence-electron chi connectivity index (χ1n) is 9.52. The zero-order valence-electron chi connectivity index (χ0n) is 16.7. The number of para-hydroxylation sites is 1. The summed E-state index contributed by atoms with van der Waals surface area (Å²) in [7, 11) is 1.70. The molecule has 6 heteroatoms. The van der Waals surface area contributed by atoms with Crippen molar-refractivity contribution in [3.8, 4) is 5.75 Å². The molecule has 0 saturated carbocycles. The largest absolute Gasteiger partial charge is 0.487 e. The summed E-state index contributed by atoms with van der Waals surface area (Å²) in [6, 6.07) is 17.9. The second-order valence-electron chi connectivity index (χ2n) is 7.49. The lowest BCUT2D eigenvalue weighted by molar-refractivity contribution is -0.120. The number of carbonyl (C=O) groups excluding carboxylic acids is 1. The summed E-state index contributed by atoms with van der Waals surface area (Å²) < 4.78 is 6.07. The Balaban J connectivity index is 1.55. The van der Waals surface area contributed by atoms with Gasteiger partial charge in [-0.2, -0.15) is 0 Å². The van der Waals surface area contributed by atoms with Crippen LogP contribution in [-0.2, 0) is 11.3 Å². The Morgan fingerprint density at radius 3 is 2.57 bits per heavy atom. The molecular formula is C22H28N4O2. The van der Waals surface area contributed by atoms with E-state index in [1.54, 1.807) is 7.05 Å². The number of carbonyl (C=O) groups is 1. The molecule has 6 nitrogen and oxygen atoms in total. The third-order valence-corrected chi connectivity index (χ3v) is 4.66. The highest BCUT2D eigenvalue weighted by Gasteiger charge is 2.33. The van der Waals surface area contributed by atoms with Gasteiger partial charge < -0.3 is 20.7 Å². The average Bonchev–Trinajstić information content (AvgIpc) is 2.69. The molecule has 0 fully saturated rings. The highest BCUT2D eigenvalue weighted by Crippen LogP contribution is 2.39. The number of nitrogens with one attached hydrogen (secondary N) is 3. The standard InChI is InChI=1S/C22H28N4O2/c1-22(2)13-18(17-11-7-8-12-19(17)28-22)26-21(23-3)25-15-20(27)24-14-16-9-5-4-6-10-16/h4-12,18H,13-15H2,1-3H3,(H,24,27)(H2,23,25,26). The molecule has 1 heterocycles. The molecule has 1 aliphatic rings. The molecule has 1 aliphatic heterocycles. The molecule has 0 aromatic heterocycles. The van der Waals surface area contributed by atoms with Gasteiger partial charge >= 0.3 is 0 Å². The van der Waals surface area contributed by atoms with E-state index in [4.69, 9.17) is 4.74 Å². The van der Waals surface area contributed by atoms with Gasteiger partial charge in [0, 0.05) is 25.6 Å². The number of benzene rings is 2. The van der Waals surface area contributed by atoms with Crippen molar-refractivity contribution in [2.75, 3.05) is 13.6 Å². The summed E-state index contributed by atoms with van der Waals surface area (Å²) in [5.41, 5.74) is 1.88. The first kappa shape index (κ1) is 19.7. The van der Waals surface area contributed by atoms with Gasteiger partial charge in [0.2, 0.25) is 5.91 Å². The van der Waals surface area contributed by atoms with Gasteiger partial charge in [-0.1, -0.05) is 48.5 Å². The molecule has 1 amide bonds. The topological polar surface area (TPSA) is 74.8 Å². The Morgan fingerprint density at radius 2 is 1.82 bits per heavy atom. The summed E-state index contributed by atoms with van der Waals surface area (Å²) in [6.07, 6.45) is 0.797. The van der Waals surface area contributed by atoms with Gasteiger partial charge in [-0.05, 0) is 25.5 Å². The normalized spacial score (nSPS) is 17.8. The molecule has 28 heavy (non-hydrogen) atoms.